The fourth-order valence-corrected chi connectivity index (χ4v) is 1.48. The molecule has 0 atom stereocenters. The first kappa shape index (κ1) is 11.0. The number of hydrogen-bond donors (Lipinski definition) is 0. The van der Waals surface area contributed by atoms with Crippen molar-refractivity contribution in [1.82, 2.24) is 0 Å². The highest BCUT2D eigenvalue weighted by Gasteiger charge is 2.26. The highest BCUT2D eigenvalue weighted by atomic mass is 16.5. The summed E-state index contributed by atoms with van der Waals surface area (Å²) in [5, 5.41) is 0. The van der Waals surface area contributed by atoms with Gasteiger partial charge in [-0.05, 0) is 25.8 Å². The molecule has 0 heterocycles. The first-order chi connectivity index (χ1) is 6.42. The second kappa shape index (κ2) is 3.99. The van der Waals surface area contributed by atoms with Gasteiger partial charge in [-0.1, -0.05) is 25.5 Å². The van der Waals surface area contributed by atoms with Crippen LogP contribution >= 0.6 is 0 Å². The van der Waals surface area contributed by atoms with Gasteiger partial charge in [-0.25, -0.2) is 0 Å². The van der Waals surface area contributed by atoms with E-state index >= 15 is 0 Å². The van der Waals surface area contributed by atoms with Crippen LogP contribution in [-0.2, 0) is 9.53 Å². The molecular weight excluding hydrogens is 176 g/mol. The summed E-state index contributed by atoms with van der Waals surface area (Å²) >= 11 is 0. The predicted octanol–water partition coefficient (Wildman–Crippen LogP) is 3.20. The van der Waals surface area contributed by atoms with Gasteiger partial charge in [0.15, 0.2) is 0 Å². The lowest BCUT2D eigenvalue weighted by molar-refractivity contribution is -0.138. The molecule has 0 aromatic heterocycles. The second-order valence-electron chi connectivity index (χ2n) is 4.50. The maximum Gasteiger partial charge on any atom is 0.307 e. The lowest BCUT2D eigenvalue weighted by Crippen LogP contribution is -2.17. The average molecular weight is 194 g/mol. The van der Waals surface area contributed by atoms with Gasteiger partial charge in [-0.2, -0.15) is 0 Å². The molecule has 0 N–H and O–H groups in total. The summed E-state index contributed by atoms with van der Waals surface area (Å²) in [6.45, 7) is 7.74. The molecule has 0 radical (unpaired) electrons. The van der Waals surface area contributed by atoms with Crippen molar-refractivity contribution in [3.8, 4) is 0 Å². The lowest BCUT2D eigenvalue weighted by Gasteiger charge is -2.24. The standard InChI is InChI=1S/C12H18O2/c1-9-5-6-11(14-10(2)13)12(3,4)8-7-9/h6-7H,5,8H2,1-4H3. The minimum Gasteiger partial charge on any atom is -0.431 e. The number of ether oxygens (including phenoxy) is 1. The first-order valence-corrected chi connectivity index (χ1v) is 4.96. The Labute approximate surface area is 85.6 Å². The van der Waals surface area contributed by atoms with Crippen LogP contribution in [0.4, 0.5) is 0 Å². The summed E-state index contributed by atoms with van der Waals surface area (Å²) in [5.41, 5.74) is 1.27. The van der Waals surface area contributed by atoms with E-state index in [1.54, 1.807) is 0 Å². The summed E-state index contributed by atoms with van der Waals surface area (Å²) in [6.07, 6.45) is 6.04. The largest absolute Gasteiger partial charge is 0.431 e. The van der Waals surface area contributed by atoms with Crippen molar-refractivity contribution >= 4 is 5.97 Å². The first-order valence-electron chi connectivity index (χ1n) is 4.96. The monoisotopic (exact) mass is 194 g/mol. The zero-order valence-corrected chi connectivity index (χ0v) is 9.39. The number of rotatable bonds is 1. The minimum absolute atomic E-state index is 0.0660. The van der Waals surface area contributed by atoms with Crippen LogP contribution in [0.15, 0.2) is 23.5 Å². The number of carbonyl (C=O) groups is 1. The van der Waals surface area contributed by atoms with Crippen molar-refractivity contribution in [2.24, 2.45) is 5.41 Å². The Hall–Kier alpha value is -1.05. The van der Waals surface area contributed by atoms with Gasteiger partial charge in [0, 0.05) is 12.3 Å². The van der Waals surface area contributed by atoms with Gasteiger partial charge in [0.2, 0.25) is 0 Å². The maximum atomic E-state index is 10.9. The molecule has 0 aromatic rings. The van der Waals surface area contributed by atoms with E-state index in [1.165, 1.54) is 12.5 Å². The molecule has 1 aliphatic rings. The van der Waals surface area contributed by atoms with E-state index in [1.807, 2.05) is 6.08 Å². The molecule has 1 rings (SSSR count). The molecule has 0 bridgehead atoms. The third-order valence-corrected chi connectivity index (χ3v) is 2.49. The molecule has 2 heteroatoms. The molecule has 0 amide bonds. The molecule has 14 heavy (non-hydrogen) atoms. The molecule has 1 aliphatic carbocycles. The van der Waals surface area contributed by atoms with Crippen LogP contribution in [-0.4, -0.2) is 5.97 Å². The fourth-order valence-electron chi connectivity index (χ4n) is 1.48. The normalized spacial score (nSPS) is 20.6. The van der Waals surface area contributed by atoms with Crippen molar-refractivity contribution in [1.29, 1.82) is 0 Å². The van der Waals surface area contributed by atoms with E-state index in [0.29, 0.717) is 0 Å². The van der Waals surface area contributed by atoms with E-state index in [4.69, 9.17) is 4.74 Å². The Balaban J connectivity index is 2.87. The third kappa shape index (κ3) is 2.72. The van der Waals surface area contributed by atoms with Crippen molar-refractivity contribution < 1.29 is 9.53 Å². The van der Waals surface area contributed by atoms with E-state index in [0.717, 1.165) is 18.6 Å². The maximum absolute atomic E-state index is 10.9. The van der Waals surface area contributed by atoms with E-state index in [9.17, 15) is 4.79 Å². The molecule has 0 unspecified atom stereocenters. The Bertz CT molecular complexity index is 295. The fraction of sp³-hybridized carbons (Fsp3) is 0.583. The van der Waals surface area contributed by atoms with Gasteiger partial charge < -0.3 is 4.74 Å². The second-order valence-corrected chi connectivity index (χ2v) is 4.50. The quantitative estimate of drug-likeness (QED) is 0.473. The van der Waals surface area contributed by atoms with Gasteiger partial charge >= 0.3 is 5.97 Å². The molecule has 0 saturated heterocycles. The zero-order chi connectivity index (χ0) is 10.8. The Morgan fingerprint density at radius 1 is 1.43 bits per heavy atom. The van der Waals surface area contributed by atoms with Crippen LogP contribution in [0, 0.1) is 5.41 Å². The van der Waals surface area contributed by atoms with Crippen molar-refractivity contribution in [2.75, 3.05) is 0 Å². The van der Waals surface area contributed by atoms with Gasteiger partial charge in [-0.15, -0.1) is 0 Å². The Morgan fingerprint density at radius 3 is 2.64 bits per heavy atom. The van der Waals surface area contributed by atoms with Crippen LogP contribution in [0.5, 0.6) is 0 Å². The highest BCUT2D eigenvalue weighted by molar-refractivity contribution is 5.67. The van der Waals surface area contributed by atoms with Crippen LogP contribution < -0.4 is 0 Å². The van der Waals surface area contributed by atoms with Gasteiger partial charge in [0.25, 0.3) is 0 Å². The third-order valence-electron chi connectivity index (χ3n) is 2.49. The number of allylic oxidation sites excluding steroid dienone is 4. The van der Waals surface area contributed by atoms with Gasteiger partial charge in [0.1, 0.15) is 5.76 Å². The minimum atomic E-state index is -0.233. The number of hydrogen-bond acceptors (Lipinski definition) is 2. The predicted molar refractivity (Wildman–Crippen MR) is 56.6 cm³/mol. The lowest BCUT2D eigenvalue weighted by atomic mass is 9.87. The summed E-state index contributed by atoms with van der Waals surface area (Å²) in [7, 11) is 0. The SMILES string of the molecule is CC(=O)OC1=CCC(C)=CCC1(C)C. The van der Waals surface area contributed by atoms with Crippen LogP contribution in [0.2, 0.25) is 0 Å². The molecule has 0 spiro atoms. The van der Waals surface area contributed by atoms with E-state index < -0.39 is 0 Å². The Morgan fingerprint density at radius 2 is 2.07 bits per heavy atom. The molecule has 0 fully saturated rings. The van der Waals surface area contributed by atoms with E-state index in [-0.39, 0.29) is 11.4 Å². The molecule has 2 nitrogen and oxygen atoms in total. The molecule has 78 valence electrons. The van der Waals surface area contributed by atoms with Crippen molar-refractivity contribution in [3.05, 3.63) is 23.5 Å². The van der Waals surface area contributed by atoms with Crippen LogP contribution in [0.1, 0.15) is 40.5 Å². The van der Waals surface area contributed by atoms with Crippen LogP contribution in [0.25, 0.3) is 0 Å². The smallest absolute Gasteiger partial charge is 0.307 e. The zero-order valence-electron chi connectivity index (χ0n) is 9.39. The topological polar surface area (TPSA) is 26.3 Å². The highest BCUT2D eigenvalue weighted by Crippen LogP contribution is 2.35. The van der Waals surface area contributed by atoms with Gasteiger partial charge in [-0.3, -0.25) is 4.79 Å². The molecule has 0 aliphatic heterocycles. The number of esters is 1. The van der Waals surface area contributed by atoms with Crippen LogP contribution in [0.3, 0.4) is 0 Å². The Kier molecular flexibility index (Phi) is 3.14. The summed E-state index contributed by atoms with van der Waals surface area (Å²) in [4.78, 5) is 10.9. The average Bonchev–Trinajstić information content (AvgIpc) is 2.17. The summed E-state index contributed by atoms with van der Waals surface area (Å²) in [6, 6.07) is 0. The van der Waals surface area contributed by atoms with Crippen molar-refractivity contribution in [2.45, 2.75) is 40.5 Å². The molecular formula is C12H18O2. The number of carbonyl (C=O) groups excluding carboxylic acids is 1. The summed E-state index contributed by atoms with van der Waals surface area (Å²) < 4.78 is 5.22. The van der Waals surface area contributed by atoms with Crippen molar-refractivity contribution in [3.63, 3.8) is 0 Å². The van der Waals surface area contributed by atoms with Gasteiger partial charge in [0.05, 0.1) is 0 Å². The molecule has 0 saturated carbocycles. The van der Waals surface area contributed by atoms with E-state index in [2.05, 4.69) is 26.8 Å². The summed E-state index contributed by atoms with van der Waals surface area (Å²) in [5.74, 6) is 0.571. The molecule has 0 aromatic carbocycles.